The Morgan fingerprint density at radius 2 is 2.19 bits per heavy atom. The van der Waals surface area contributed by atoms with Crippen LogP contribution in [0.1, 0.15) is 36.5 Å². The lowest BCUT2D eigenvalue weighted by molar-refractivity contribution is 0.0850. The molecule has 16 heavy (non-hydrogen) atoms. The molecule has 0 radical (unpaired) electrons. The molecule has 0 aromatic heterocycles. The Bertz CT molecular complexity index is 427. The van der Waals surface area contributed by atoms with E-state index in [4.69, 9.17) is 5.73 Å². The number of hydrogen-bond donors (Lipinski definition) is 2. The van der Waals surface area contributed by atoms with Crippen molar-refractivity contribution in [2.24, 2.45) is 0 Å². The van der Waals surface area contributed by atoms with Gasteiger partial charge in [0.25, 0.3) is 5.91 Å². The Hall–Kier alpha value is -1.03. The van der Waals surface area contributed by atoms with Crippen LogP contribution in [0.5, 0.6) is 0 Å². The lowest BCUT2D eigenvalue weighted by Crippen LogP contribution is -2.50. The maximum atomic E-state index is 11.9. The first-order valence-electron chi connectivity index (χ1n) is 5.38. The highest BCUT2D eigenvalue weighted by Gasteiger charge is 2.33. The number of nitrogens with one attached hydrogen (secondary N) is 1. The minimum Gasteiger partial charge on any atom is -0.398 e. The first-order chi connectivity index (χ1) is 7.50. The standard InChI is InChI=1S/C12H15BrN2O/c1-12(5-2-6-12)15-11(16)8-3-4-10(14)9(13)7-8/h3-4,7H,2,5-6,14H2,1H3,(H,15,16). The van der Waals surface area contributed by atoms with Gasteiger partial charge < -0.3 is 11.1 Å². The van der Waals surface area contributed by atoms with Crippen LogP contribution in [0.15, 0.2) is 22.7 Å². The zero-order valence-electron chi connectivity index (χ0n) is 9.22. The summed E-state index contributed by atoms with van der Waals surface area (Å²) < 4.78 is 0.763. The first kappa shape index (κ1) is 11.5. The average molecular weight is 283 g/mol. The number of halogens is 1. The van der Waals surface area contributed by atoms with E-state index in [1.807, 2.05) is 0 Å². The van der Waals surface area contributed by atoms with E-state index in [2.05, 4.69) is 28.2 Å². The average Bonchev–Trinajstić information content (AvgIpc) is 2.19. The van der Waals surface area contributed by atoms with Gasteiger partial charge in [-0.05, 0) is 60.3 Å². The fourth-order valence-electron chi connectivity index (χ4n) is 1.85. The predicted molar refractivity (Wildman–Crippen MR) is 68.3 cm³/mol. The number of nitrogens with two attached hydrogens (primary N) is 1. The highest BCUT2D eigenvalue weighted by atomic mass is 79.9. The fourth-order valence-corrected chi connectivity index (χ4v) is 2.23. The SMILES string of the molecule is CC1(NC(=O)c2ccc(N)c(Br)c2)CCC1. The van der Waals surface area contributed by atoms with Gasteiger partial charge in [-0.25, -0.2) is 0 Å². The minimum absolute atomic E-state index is 0.00898. The summed E-state index contributed by atoms with van der Waals surface area (Å²) in [5, 5.41) is 3.06. The second kappa shape index (κ2) is 4.09. The number of hydrogen-bond acceptors (Lipinski definition) is 2. The van der Waals surface area contributed by atoms with Crippen LogP contribution in [0.3, 0.4) is 0 Å². The van der Waals surface area contributed by atoms with E-state index in [-0.39, 0.29) is 11.4 Å². The van der Waals surface area contributed by atoms with Gasteiger partial charge in [-0.3, -0.25) is 4.79 Å². The van der Waals surface area contributed by atoms with E-state index in [9.17, 15) is 4.79 Å². The third-order valence-corrected chi connectivity index (χ3v) is 3.82. The maximum absolute atomic E-state index is 11.9. The van der Waals surface area contributed by atoms with Gasteiger partial charge in [-0.15, -0.1) is 0 Å². The Morgan fingerprint density at radius 3 is 2.69 bits per heavy atom. The van der Waals surface area contributed by atoms with E-state index in [0.29, 0.717) is 11.3 Å². The van der Waals surface area contributed by atoms with E-state index in [1.165, 1.54) is 6.42 Å². The second-order valence-electron chi connectivity index (χ2n) is 4.60. The van der Waals surface area contributed by atoms with Crippen LogP contribution in [0.25, 0.3) is 0 Å². The molecule has 1 aliphatic carbocycles. The van der Waals surface area contributed by atoms with Gasteiger partial charge in [0.2, 0.25) is 0 Å². The van der Waals surface area contributed by atoms with Crippen LogP contribution in [0, 0.1) is 0 Å². The molecule has 1 aromatic rings. The van der Waals surface area contributed by atoms with Crippen LogP contribution in [-0.4, -0.2) is 11.4 Å². The largest absolute Gasteiger partial charge is 0.398 e. The summed E-state index contributed by atoms with van der Waals surface area (Å²) >= 11 is 3.32. The van der Waals surface area contributed by atoms with Gasteiger partial charge in [-0.2, -0.15) is 0 Å². The summed E-state index contributed by atoms with van der Waals surface area (Å²) in [6.07, 6.45) is 3.33. The molecule has 3 N–H and O–H groups in total. The van der Waals surface area contributed by atoms with Crippen molar-refractivity contribution in [1.29, 1.82) is 0 Å². The first-order valence-corrected chi connectivity index (χ1v) is 6.17. The van der Waals surface area contributed by atoms with Gasteiger partial charge in [0.15, 0.2) is 0 Å². The summed E-state index contributed by atoms with van der Waals surface area (Å²) in [7, 11) is 0. The molecule has 1 fully saturated rings. The second-order valence-corrected chi connectivity index (χ2v) is 5.46. The van der Waals surface area contributed by atoms with E-state index in [1.54, 1.807) is 18.2 Å². The highest BCUT2D eigenvalue weighted by Crippen LogP contribution is 2.31. The van der Waals surface area contributed by atoms with Crippen molar-refractivity contribution in [2.45, 2.75) is 31.7 Å². The Labute approximate surface area is 104 Å². The molecular weight excluding hydrogens is 268 g/mol. The van der Waals surface area contributed by atoms with Crippen LogP contribution < -0.4 is 11.1 Å². The molecule has 0 aliphatic heterocycles. The summed E-state index contributed by atoms with van der Waals surface area (Å²) in [5.74, 6) is -0.0251. The smallest absolute Gasteiger partial charge is 0.251 e. The zero-order valence-corrected chi connectivity index (χ0v) is 10.8. The summed E-state index contributed by atoms with van der Waals surface area (Å²) in [6, 6.07) is 5.24. The van der Waals surface area contributed by atoms with Gasteiger partial charge in [0.1, 0.15) is 0 Å². The van der Waals surface area contributed by atoms with Gasteiger partial charge >= 0.3 is 0 Å². The number of rotatable bonds is 2. The van der Waals surface area contributed by atoms with Crippen molar-refractivity contribution >= 4 is 27.5 Å². The van der Waals surface area contributed by atoms with E-state index < -0.39 is 0 Å². The quantitative estimate of drug-likeness (QED) is 0.820. The Kier molecular flexibility index (Phi) is 2.93. The molecule has 86 valence electrons. The normalized spacial score (nSPS) is 17.6. The molecule has 1 saturated carbocycles. The van der Waals surface area contributed by atoms with Crippen molar-refractivity contribution in [3.8, 4) is 0 Å². The van der Waals surface area contributed by atoms with Crippen molar-refractivity contribution in [1.82, 2.24) is 5.32 Å². The number of benzene rings is 1. The minimum atomic E-state index is -0.0251. The fraction of sp³-hybridized carbons (Fsp3) is 0.417. The number of nitrogen functional groups attached to an aromatic ring is 1. The number of amides is 1. The van der Waals surface area contributed by atoms with Crippen LogP contribution in [-0.2, 0) is 0 Å². The highest BCUT2D eigenvalue weighted by molar-refractivity contribution is 9.10. The van der Waals surface area contributed by atoms with Crippen molar-refractivity contribution in [2.75, 3.05) is 5.73 Å². The zero-order chi connectivity index (χ0) is 11.8. The number of carbonyl (C=O) groups is 1. The topological polar surface area (TPSA) is 55.1 Å². The molecule has 0 unspecified atom stereocenters. The van der Waals surface area contributed by atoms with Crippen LogP contribution in [0.2, 0.25) is 0 Å². The Morgan fingerprint density at radius 1 is 1.50 bits per heavy atom. The van der Waals surface area contributed by atoms with Crippen LogP contribution in [0.4, 0.5) is 5.69 Å². The molecular formula is C12H15BrN2O. The molecule has 1 aliphatic rings. The molecule has 0 saturated heterocycles. The molecule has 3 nitrogen and oxygen atoms in total. The molecule has 0 bridgehead atoms. The Balaban J connectivity index is 2.11. The molecule has 1 amide bonds. The molecule has 0 atom stereocenters. The van der Waals surface area contributed by atoms with Crippen molar-refractivity contribution in [3.63, 3.8) is 0 Å². The van der Waals surface area contributed by atoms with Crippen molar-refractivity contribution < 1.29 is 4.79 Å². The predicted octanol–water partition coefficient (Wildman–Crippen LogP) is 2.70. The third-order valence-electron chi connectivity index (χ3n) is 3.14. The van der Waals surface area contributed by atoms with Gasteiger partial charge in [0.05, 0.1) is 0 Å². The van der Waals surface area contributed by atoms with E-state index >= 15 is 0 Å². The van der Waals surface area contributed by atoms with Crippen molar-refractivity contribution in [3.05, 3.63) is 28.2 Å². The summed E-state index contributed by atoms with van der Waals surface area (Å²) in [4.78, 5) is 11.9. The van der Waals surface area contributed by atoms with Gasteiger partial charge in [0, 0.05) is 21.3 Å². The summed E-state index contributed by atoms with van der Waals surface area (Å²) in [6.45, 7) is 2.08. The molecule has 0 spiro atoms. The van der Waals surface area contributed by atoms with Crippen LogP contribution >= 0.6 is 15.9 Å². The molecule has 1 aromatic carbocycles. The number of anilines is 1. The molecule has 2 rings (SSSR count). The maximum Gasteiger partial charge on any atom is 0.251 e. The lowest BCUT2D eigenvalue weighted by atomic mass is 9.78. The number of carbonyl (C=O) groups excluding carboxylic acids is 1. The summed E-state index contributed by atoms with van der Waals surface area (Å²) in [5.41, 5.74) is 6.96. The van der Waals surface area contributed by atoms with E-state index in [0.717, 1.165) is 17.3 Å². The monoisotopic (exact) mass is 282 g/mol. The third kappa shape index (κ3) is 2.21. The molecule has 4 heteroatoms. The molecule has 0 heterocycles. The van der Waals surface area contributed by atoms with Gasteiger partial charge in [-0.1, -0.05) is 0 Å². The lowest BCUT2D eigenvalue weighted by Gasteiger charge is -2.39.